The van der Waals surface area contributed by atoms with E-state index in [1.54, 1.807) is 0 Å². The molecule has 0 aliphatic carbocycles. The van der Waals surface area contributed by atoms with Gasteiger partial charge in [0, 0.05) is 6.08 Å². The molecule has 2 aromatic carbocycles. The first-order chi connectivity index (χ1) is 14.5. The molecule has 7 nitrogen and oxygen atoms in total. The maximum absolute atomic E-state index is 12.1. The van der Waals surface area contributed by atoms with E-state index in [0.29, 0.717) is 11.7 Å². The van der Waals surface area contributed by atoms with Gasteiger partial charge in [0.05, 0.1) is 26.5 Å². The Bertz CT molecular complexity index is 941. The van der Waals surface area contributed by atoms with Crippen LogP contribution in [0.1, 0.15) is 18.1 Å². The van der Waals surface area contributed by atoms with Crippen molar-refractivity contribution < 1.29 is 19.1 Å². The molecule has 0 heterocycles. The zero-order valence-electron chi connectivity index (χ0n) is 17.0. The predicted molar refractivity (Wildman–Crippen MR) is 119 cm³/mol. The highest BCUT2D eigenvalue weighted by atomic mass is 32.2. The molecule has 8 heteroatoms. The van der Waals surface area contributed by atoms with Crippen molar-refractivity contribution in [3.05, 3.63) is 82.8 Å². The quantitative estimate of drug-likeness (QED) is 0.240. The molecule has 0 aliphatic rings. The van der Waals surface area contributed by atoms with Crippen LogP contribution in [0.15, 0.2) is 81.7 Å². The van der Waals surface area contributed by atoms with Crippen LogP contribution in [-0.2, 0) is 25.6 Å². The average molecular weight is 426 g/mol. The lowest BCUT2D eigenvalue weighted by molar-refractivity contribution is -0.137. The summed E-state index contributed by atoms with van der Waals surface area (Å²) in [4.78, 5) is 28.3. The Labute approximate surface area is 179 Å². The molecule has 0 bridgehead atoms. The van der Waals surface area contributed by atoms with Crippen LogP contribution in [-0.4, -0.2) is 37.0 Å². The van der Waals surface area contributed by atoms with Crippen molar-refractivity contribution in [3.8, 4) is 0 Å². The van der Waals surface area contributed by atoms with E-state index in [9.17, 15) is 9.59 Å². The number of nitrogens with zero attached hydrogens (tertiary/aromatic N) is 2. The Hall–Kier alpha value is -3.39. The number of carbonyl (C=O) groups is 2. The van der Waals surface area contributed by atoms with Gasteiger partial charge in [0.25, 0.3) is 0 Å². The molecular weight excluding hydrogens is 402 g/mol. The predicted octanol–water partition coefficient (Wildman–Crippen LogP) is 3.52. The van der Waals surface area contributed by atoms with Crippen molar-refractivity contribution in [2.24, 2.45) is 10.1 Å². The van der Waals surface area contributed by atoms with E-state index in [0.717, 1.165) is 34.7 Å². The van der Waals surface area contributed by atoms with E-state index >= 15 is 0 Å². The summed E-state index contributed by atoms with van der Waals surface area (Å²) in [6, 6.07) is 19.3. The van der Waals surface area contributed by atoms with E-state index in [1.807, 2.05) is 67.6 Å². The Morgan fingerprint density at radius 3 is 2.23 bits per heavy atom. The number of hydrogen-bond acceptors (Lipinski definition) is 7. The number of carbonyl (C=O) groups excluding carboxylic acids is 2. The first kappa shape index (κ1) is 22.9. The summed E-state index contributed by atoms with van der Waals surface area (Å²) in [5.41, 5.74) is 5.55. The number of thioether (sulfide) groups is 1. The Balaban J connectivity index is 2.28. The van der Waals surface area contributed by atoms with Crippen molar-refractivity contribution in [2.75, 3.05) is 14.2 Å². The minimum absolute atomic E-state index is 0.0243. The number of nitrogens with one attached hydrogen (secondary N) is 1. The summed E-state index contributed by atoms with van der Waals surface area (Å²) in [7, 11) is 2.47. The zero-order valence-corrected chi connectivity index (χ0v) is 17.8. The third kappa shape index (κ3) is 7.56. The van der Waals surface area contributed by atoms with Gasteiger partial charge in [-0.1, -0.05) is 60.7 Å². The smallest absolute Gasteiger partial charge is 0.345 e. The van der Waals surface area contributed by atoms with Crippen LogP contribution >= 0.6 is 11.8 Å². The minimum Gasteiger partial charge on any atom is -0.466 e. The highest BCUT2D eigenvalue weighted by Crippen LogP contribution is 2.19. The fraction of sp³-hybridized carbons (Fsp3) is 0.182. The number of benzene rings is 2. The molecule has 0 aliphatic heterocycles. The number of esters is 2. The Kier molecular flexibility index (Phi) is 9.33. The number of rotatable bonds is 7. The van der Waals surface area contributed by atoms with Crippen LogP contribution in [0, 0.1) is 0 Å². The van der Waals surface area contributed by atoms with Crippen LogP contribution in [0.3, 0.4) is 0 Å². The standard InChI is InChI=1S/C22H23N3O4S/c1-16(18-12-8-5-9-13-18)24-25-22(23-15-17-10-6-4-7-11-17)30-19(21(27)29-3)14-20(26)28-2/h4-14H,15H2,1-3H3,(H,23,25)/b19-14-,24-16+. The number of hydrazone groups is 1. The van der Waals surface area contributed by atoms with E-state index < -0.39 is 11.9 Å². The normalized spacial score (nSPS) is 12.3. The van der Waals surface area contributed by atoms with Gasteiger partial charge in [0.2, 0.25) is 0 Å². The van der Waals surface area contributed by atoms with Crippen LogP contribution in [0.4, 0.5) is 0 Å². The second-order valence-corrected chi connectivity index (χ2v) is 6.94. The van der Waals surface area contributed by atoms with E-state index in [-0.39, 0.29) is 4.91 Å². The second kappa shape index (κ2) is 12.2. The third-order valence-corrected chi connectivity index (χ3v) is 4.72. The lowest BCUT2D eigenvalue weighted by Crippen LogP contribution is -2.19. The van der Waals surface area contributed by atoms with E-state index in [2.05, 4.69) is 20.3 Å². The van der Waals surface area contributed by atoms with Crippen LogP contribution in [0.5, 0.6) is 0 Å². The first-order valence-electron chi connectivity index (χ1n) is 9.03. The van der Waals surface area contributed by atoms with Crippen molar-refractivity contribution in [2.45, 2.75) is 13.5 Å². The van der Waals surface area contributed by atoms with Gasteiger partial charge < -0.3 is 9.47 Å². The maximum Gasteiger partial charge on any atom is 0.345 e. The highest BCUT2D eigenvalue weighted by molar-refractivity contribution is 8.17. The van der Waals surface area contributed by atoms with Crippen LogP contribution in [0.2, 0.25) is 0 Å². The molecule has 0 fully saturated rings. The van der Waals surface area contributed by atoms with Crippen molar-refractivity contribution in [3.63, 3.8) is 0 Å². The van der Waals surface area contributed by atoms with Gasteiger partial charge in [-0.25, -0.2) is 9.59 Å². The Morgan fingerprint density at radius 1 is 1.00 bits per heavy atom. The lowest BCUT2D eigenvalue weighted by Gasteiger charge is -2.09. The summed E-state index contributed by atoms with van der Waals surface area (Å²) < 4.78 is 9.38. The van der Waals surface area contributed by atoms with Gasteiger partial charge in [-0.3, -0.25) is 10.4 Å². The van der Waals surface area contributed by atoms with Crippen LogP contribution in [0.25, 0.3) is 0 Å². The molecule has 0 saturated heterocycles. The number of aliphatic imine (C=N–C) groups is 1. The largest absolute Gasteiger partial charge is 0.466 e. The van der Waals surface area contributed by atoms with Crippen molar-refractivity contribution >= 4 is 34.6 Å². The monoisotopic (exact) mass is 425 g/mol. The zero-order chi connectivity index (χ0) is 21.8. The van der Waals surface area contributed by atoms with Crippen LogP contribution < -0.4 is 5.43 Å². The Morgan fingerprint density at radius 2 is 1.63 bits per heavy atom. The number of amidine groups is 1. The molecule has 1 N–H and O–H groups in total. The highest BCUT2D eigenvalue weighted by Gasteiger charge is 2.17. The van der Waals surface area contributed by atoms with Gasteiger partial charge >= 0.3 is 11.9 Å². The molecule has 0 spiro atoms. The summed E-state index contributed by atoms with van der Waals surface area (Å²) in [6.07, 6.45) is 1.06. The molecule has 0 saturated carbocycles. The van der Waals surface area contributed by atoms with Crippen molar-refractivity contribution in [1.29, 1.82) is 0 Å². The number of hydrogen-bond donors (Lipinski definition) is 1. The first-order valence-corrected chi connectivity index (χ1v) is 9.85. The summed E-state index contributed by atoms with van der Waals surface area (Å²) in [5.74, 6) is -1.35. The van der Waals surface area contributed by atoms with Gasteiger partial charge in [0.15, 0.2) is 5.17 Å². The maximum atomic E-state index is 12.1. The molecule has 156 valence electrons. The topological polar surface area (TPSA) is 89.4 Å². The number of methoxy groups -OCH3 is 2. The molecule has 30 heavy (non-hydrogen) atoms. The summed E-state index contributed by atoms with van der Waals surface area (Å²) in [5, 5.41) is 4.69. The molecule has 0 aromatic heterocycles. The number of ether oxygens (including phenoxy) is 2. The van der Waals surface area contributed by atoms with E-state index in [4.69, 9.17) is 4.74 Å². The second-order valence-electron chi connectivity index (χ2n) is 5.91. The van der Waals surface area contributed by atoms with Gasteiger partial charge in [-0.05, 0) is 29.8 Å². The summed E-state index contributed by atoms with van der Waals surface area (Å²) in [6.45, 7) is 2.22. The van der Waals surface area contributed by atoms with Gasteiger partial charge in [-0.2, -0.15) is 5.10 Å². The van der Waals surface area contributed by atoms with Gasteiger partial charge in [-0.15, -0.1) is 0 Å². The van der Waals surface area contributed by atoms with Gasteiger partial charge in [0.1, 0.15) is 4.91 Å². The van der Waals surface area contributed by atoms with Crippen molar-refractivity contribution in [1.82, 2.24) is 5.43 Å². The van der Waals surface area contributed by atoms with E-state index in [1.165, 1.54) is 14.2 Å². The fourth-order valence-corrected chi connectivity index (χ4v) is 2.96. The molecule has 2 rings (SSSR count). The molecule has 2 aromatic rings. The summed E-state index contributed by atoms with van der Waals surface area (Å²) >= 11 is 0.940. The minimum atomic E-state index is -0.677. The fourth-order valence-electron chi connectivity index (χ4n) is 2.21. The molecular formula is C22H23N3O4S. The molecule has 0 radical (unpaired) electrons. The third-order valence-electron chi connectivity index (χ3n) is 3.80. The molecule has 0 atom stereocenters. The lowest BCUT2D eigenvalue weighted by atomic mass is 10.1. The molecule has 0 unspecified atom stereocenters. The SMILES string of the molecule is COC(=O)/C=C(\SC(=NCc1ccccc1)N/N=C(\C)c1ccccc1)C(=O)OC. The molecule has 0 amide bonds. The average Bonchev–Trinajstić information content (AvgIpc) is 2.80.